The lowest BCUT2D eigenvalue weighted by atomic mass is 10.1. The Morgan fingerprint density at radius 3 is 3.00 bits per heavy atom. The average molecular weight is 213 g/mol. The molecule has 14 heavy (non-hydrogen) atoms. The van der Waals surface area contributed by atoms with Crippen molar-refractivity contribution in [3.63, 3.8) is 0 Å². The van der Waals surface area contributed by atoms with Crippen molar-refractivity contribution in [3.05, 3.63) is 15.6 Å². The van der Waals surface area contributed by atoms with Crippen LogP contribution < -0.4 is 0 Å². The number of aryl methyl sites for hydroxylation is 1. The summed E-state index contributed by atoms with van der Waals surface area (Å²) in [6.45, 7) is 3.22. The number of nitrogens with zero attached hydrogens (tertiary/aromatic N) is 1. The zero-order valence-electron chi connectivity index (χ0n) is 7.82. The van der Waals surface area contributed by atoms with Crippen LogP contribution >= 0.6 is 11.3 Å². The molecule has 0 amide bonds. The van der Waals surface area contributed by atoms with Crippen LogP contribution in [0.2, 0.25) is 0 Å². The predicted molar refractivity (Wildman–Crippen MR) is 52.0 cm³/mol. The molecule has 1 aliphatic rings. The summed E-state index contributed by atoms with van der Waals surface area (Å²) in [6, 6.07) is 0. The van der Waals surface area contributed by atoms with Crippen molar-refractivity contribution in [2.45, 2.75) is 19.3 Å². The molecule has 5 heteroatoms. The highest BCUT2D eigenvalue weighted by Gasteiger charge is 2.23. The number of ether oxygens (including phenoxy) is 1. The van der Waals surface area contributed by atoms with Gasteiger partial charge in [-0.2, -0.15) is 0 Å². The maximum atomic E-state index is 10.8. The van der Waals surface area contributed by atoms with E-state index in [0.717, 1.165) is 22.9 Å². The summed E-state index contributed by atoms with van der Waals surface area (Å²) >= 11 is 1.47. The van der Waals surface area contributed by atoms with Gasteiger partial charge in [0, 0.05) is 17.4 Å². The summed E-state index contributed by atoms with van der Waals surface area (Å²) in [5.74, 6) is -0.643. The second kappa shape index (κ2) is 3.67. The smallest absolute Gasteiger partial charge is 0.355 e. The van der Waals surface area contributed by atoms with Gasteiger partial charge in [-0.1, -0.05) is 0 Å². The molecule has 1 aromatic heterocycles. The molecule has 1 atom stereocenters. The first-order valence-corrected chi connectivity index (χ1v) is 5.28. The lowest BCUT2D eigenvalue weighted by Crippen LogP contribution is -2.01. The van der Waals surface area contributed by atoms with Gasteiger partial charge in [0.2, 0.25) is 0 Å². The van der Waals surface area contributed by atoms with Gasteiger partial charge in [-0.05, 0) is 13.3 Å². The average Bonchev–Trinajstić information content (AvgIpc) is 2.70. The molecule has 1 N–H and O–H groups in total. The molecule has 0 spiro atoms. The van der Waals surface area contributed by atoms with Crippen LogP contribution in [0.4, 0.5) is 0 Å². The van der Waals surface area contributed by atoms with Crippen molar-refractivity contribution in [3.8, 4) is 0 Å². The molecule has 0 bridgehead atoms. The van der Waals surface area contributed by atoms with Gasteiger partial charge in [0.1, 0.15) is 0 Å². The first-order chi connectivity index (χ1) is 6.68. The Balaban J connectivity index is 2.27. The number of thiazole rings is 1. The molecule has 0 saturated carbocycles. The number of hydrogen-bond acceptors (Lipinski definition) is 4. The Labute approximate surface area is 85.5 Å². The van der Waals surface area contributed by atoms with Gasteiger partial charge < -0.3 is 9.84 Å². The fourth-order valence-electron chi connectivity index (χ4n) is 1.52. The molecule has 2 rings (SSSR count). The van der Waals surface area contributed by atoms with E-state index in [9.17, 15) is 4.79 Å². The number of aromatic carboxylic acids is 1. The van der Waals surface area contributed by atoms with Crippen molar-refractivity contribution in [2.24, 2.45) is 0 Å². The van der Waals surface area contributed by atoms with Crippen molar-refractivity contribution in [2.75, 3.05) is 13.2 Å². The zero-order valence-corrected chi connectivity index (χ0v) is 8.63. The fourth-order valence-corrected chi connectivity index (χ4v) is 2.55. The van der Waals surface area contributed by atoms with Gasteiger partial charge in [-0.25, -0.2) is 9.78 Å². The van der Waals surface area contributed by atoms with Crippen LogP contribution in [0.25, 0.3) is 0 Å². The van der Waals surface area contributed by atoms with E-state index in [4.69, 9.17) is 9.84 Å². The van der Waals surface area contributed by atoms with E-state index < -0.39 is 5.97 Å². The van der Waals surface area contributed by atoms with Crippen molar-refractivity contribution in [1.82, 2.24) is 4.98 Å². The third kappa shape index (κ3) is 1.65. The number of hydrogen-bond donors (Lipinski definition) is 1. The second-order valence-corrected chi connectivity index (χ2v) is 4.56. The number of carbonyl (C=O) groups is 1. The standard InChI is InChI=1S/C9H11NO3S/c1-5-7(9(11)12)10-8(14-5)6-2-3-13-4-6/h6H,2-4H2,1H3,(H,11,12). The summed E-state index contributed by atoms with van der Waals surface area (Å²) in [5.41, 5.74) is 0.192. The maximum absolute atomic E-state index is 10.8. The Morgan fingerprint density at radius 1 is 1.71 bits per heavy atom. The number of carboxylic acids is 1. The van der Waals surface area contributed by atoms with Gasteiger partial charge in [-0.3, -0.25) is 0 Å². The van der Waals surface area contributed by atoms with Crippen LogP contribution in [0.1, 0.15) is 32.7 Å². The van der Waals surface area contributed by atoms with Gasteiger partial charge in [0.25, 0.3) is 0 Å². The Bertz CT molecular complexity index is 355. The number of aromatic nitrogens is 1. The monoisotopic (exact) mass is 213 g/mol. The lowest BCUT2D eigenvalue weighted by molar-refractivity contribution is 0.0690. The molecular weight excluding hydrogens is 202 g/mol. The summed E-state index contributed by atoms with van der Waals surface area (Å²) in [5, 5.41) is 9.74. The molecule has 0 aromatic carbocycles. The van der Waals surface area contributed by atoms with Crippen LogP contribution in [-0.4, -0.2) is 29.3 Å². The first-order valence-electron chi connectivity index (χ1n) is 4.47. The predicted octanol–water partition coefficient (Wildman–Crippen LogP) is 1.65. The van der Waals surface area contributed by atoms with E-state index in [1.54, 1.807) is 6.92 Å². The van der Waals surface area contributed by atoms with E-state index in [2.05, 4.69) is 4.98 Å². The van der Waals surface area contributed by atoms with Crippen LogP contribution in [-0.2, 0) is 4.74 Å². The van der Waals surface area contributed by atoms with Crippen LogP contribution in [0.3, 0.4) is 0 Å². The van der Waals surface area contributed by atoms with E-state index in [1.165, 1.54) is 11.3 Å². The minimum atomic E-state index is -0.941. The maximum Gasteiger partial charge on any atom is 0.355 e. The second-order valence-electron chi connectivity index (χ2n) is 3.32. The first kappa shape index (κ1) is 9.61. The molecule has 0 radical (unpaired) electrons. The Kier molecular flexibility index (Phi) is 2.52. The third-order valence-corrected chi connectivity index (χ3v) is 3.43. The number of carboxylic acid groups (broad SMARTS) is 1. The van der Waals surface area contributed by atoms with Crippen LogP contribution in [0.5, 0.6) is 0 Å². The molecule has 1 unspecified atom stereocenters. The summed E-state index contributed by atoms with van der Waals surface area (Å²) in [6.07, 6.45) is 0.950. The number of rotatable bonds is 2. The highest BCUT2D eigenvalue weighted by Crippen LogP contribution is 2.30. The summed E-state index contributed by atoms with van der Waals surface area (Å²) in [4.78, 5) is 15.7. The molecule has 4 nitrogen and oxygen atoms in total. The highest BCUT2D eigenvalue weighted by molar-refractivity contribution is 7.12. The molecule has 1 aliphatic heterocycles. The minimum absolute atomic E-state index is 0.192. The lowest BCUT2D eigenvalue weighted by Gasteiger charge is -1.99. The molecule has 1 aromatic rings. The van der Waals surface area contributed by atoms with Gasteiger partial charge >= 0.3 is 5.97 Å². The normalized spacial score (nSPS) is 21.4. The van der Waals surface area contributed by atoms with Crippen molar-refractivity contribution in [1.29, 1.82) is 0 Å². The largest absolute Gasteiger partial charge is 0.476 e. The van der Waals surface area contributed by atoms with E-state index >= 15 is 0 Å². The van der Waals surface area contributed by atoms with Crippen molar-refractivity contribution < 1.29 is 14.6 Å². The molecule has 1 fully saturated rings. The summed E-state index contributed by atoms with van der Waals surface area (Å²) in [7, 11) is 0. The van der Waals surface area contributed by atoms with Gasteiger partial charge in [0.15, 0.2) is 5.69 Å². The minimum Gasteiger partial charge on any atom is -0.476 e. The Hall–Kier alpha value is -0.940. The molecule has 2 heterocycles. The Morgan fingerprint density at radius 2 is 2.50 bits per heavy atom. The van der Waals surface area contributed by atoms with E-state index in [-0.39, 0.29) is 5.69 Å². The zero-order chi connectivity index (χ0) is 10.1. The molecular formula is C9H11NO3S. The molecule has 0 aliphatic carbocycles. The quantitative estimate of drug-likeness (QED) is 0.811. The van der Waals surface area contributed by atoms with E-state index in [1.807, 2.05) is 0 Å². The molecule has 76 valence electrons. The van der Waals surface area contributed by atoms with E-state index in [0.29, 0.717) is 12.5 Å². The van der Waals surface area contributed by atoms with Gasteiger partial charge in [0.05, 0.1) is 11.6 Å². The SMILES string of the molecule is Cc1sc(C2CCOC2)nc1C(=O)O. The van der Waals surface area contributed by atoms with Crippen LogP contribution in [0.15, 0.2) is 0 Å². The van der Waals surface area contributed by atoms with Crippen LogP contribution in [0, 0.1) is 6.92 Å². The molecule has 1 saturated heterocycles. The summed E-state index contributed by atoms with van der Waals surface area (Å²) < 4.78 is 5.24. The third-order valence-electron chi connectivity index (χ3n) is 2.29. The topological polar surface area (TPSA) is 59.4 Å². The fraction of sp³-hybridized carbons (Fsp3) is 0.556. The highest BCUT2D eigenvalue weighted by atomic mass is 32.1. The van der Waals surface area contributed by atoms with Crippen molar-refractivity contribution >= 4 is 17.3 Å². The van der Waals surface area contributed by atoms with Gasteiger partial charge in [-0.15, -0.1) is 11.3 Å².